The zero-order chi connectivity index (χ0) is 16.4. The van der Waals surface area contributed by atoms with Crippen molar-refractivity contribution in [3.8, 4) is 0 Å². The van der Waals surface area contributed by atoms with E-state index in [1.165, 1.54) is 0 Å². The van der Waals surface area contributed by atoms with Crippen LogP contribution in [0.1, 0.15) is 41.6 Å². The fraction of sp³-hybridized carbons (Fsp3) is 0.500. The number of nitrogens with zero attached hydrogens (tertiary/aromatic N) is 4. The number of carbonyl (C=O) groups excluding carboxylic acids is 1. The van der Waals surface area contributed by atoms with Crippen molar-refractivity contribution < 1.29 is 9.32 Å². The number of amides is 1. The fourth-order valence-electron chi connectivity index (χ4n) is 3.04. The number of hydrogen-bond acceptors (Lipinski definition) is 6. The molecule has 1 aliphatic rings. The summed E-state index contributed by atoms with van der Waals surface area (Å²) >= 11 is 0. The highest BCUT2D eigenvalue weighted by Crippen LogP contribution is 2.31. The van der Waals surface area contributed by atoms with Gasteiger partial charge in [0.05, 0.1) is 36.2 Å². The van der Waals surface area contributed by atoms with E-state index in [-0.39, 0.29) is 11.9 Å². The first-order valence-corrected chi connectivity index (χ1v) is 7.81. The fourth-order valence-corrected chi connectivity index (χ4v) is 3.04. The smallest absolute Gasteiger partial charge is 0.227 e. The van der Waals surface area contributed by atoms with Crippen molar-refractivity contribution in [1.29, 1.82) is 0 Å². The van der Waals surface area contributed by atoms with Crippen LogP contribution in [-0.2, 0) is 11.2 Å². The van der Waals surface area contributed by atoms with Crippen molar-refractivity contribution in [2.75, 3.05) is 18.9 Å². The average molecular weight is 315 g/mol. The maximum Gasteiger partial charge on any atom is 0.227 e. The van der Waals surface area contributed by atoms with Crippen LogP contribution in [0.15, 0.2) is 16.9 Å². The molecule has 1 saturated heterocycles. The van der Waals surface area contributed by atoms with Crippen molar-refractivity contribution in [3.05, 3.63) is 35.1 Å². The van der Waals surface area contributed by atoms with Gasteiger partial charge in [-0.1, -0.05) is 5.16 Å². The second kappa shape index (κ2) is 6.36. The van der Waals surface area contributed by atoms with Crippen LogP contribution in [0.25, 0.3) is 0 Å². The highest BCUT2D eigenvalue weighted by atomic mass is 16.5. The van der Waals surface area contributed by atoms with Crippen LogP contribution < -0.4 is 5.32 Å². The Bertz CT molecular complexity index is 693. The molecule has 23 heavy (non-hydrogen) atoms. The minimum atomic E-state index is -0.0104. The van der Waals surface area contributed by atoms with Gasteiger partial charge in [-0.05, 0) is 26.7 Å². The molecule has 1 unspecified atom stereocenters. The van der Waals surface area contributed by atoms with Gasteiger partial charge in [0.25, 0.3) is 0 Å². The number of hydrogen-bond donors (Lipinski definition) is 1. The molecule has 2 aromatic rings. The van der Waals surface area contributed by atoms with Gasteiger partial charge in [0.15, 0.2) is 0 Å². The molecule has 0 radical (unpaired) electrons. The molecule has 0 aromatic carbocycles. The van der Waals surface area contributed by atoms with Gasteiger partial charge in [0, 0.05) is 19.2 Å². The Morgan fingerprint density at radius 1 is 1.43 bits per heavy atom. The Kier molecular flexibility index (Phi) is 4.27. The quantitative estimate of drug-likeness (QED) is 0.929. The largest absolute Gasteiger partial charge is 0.372 e. The minimum absolute atomic E-state index is 0.0104. The highest BCUT2D eigenvalue weighted by molar-refractivity contribution is 5.80. The second-order valence-corrected chi connectivity index (χ2v) is 5.80. The molecule has 1 N–H and O–H groups in total. The lowest BCUT2D eigenvalue weighted by Gasteiger charge is -2.24. The molecule has 2 aromatic heterocycles. The molecule has 3 rings (SSSR count). The number of nitrogens with one attached hydrogen (secondary N) is 1. The Balaban J connectivity index is 1.79. The summed E-state index contributed by atoms with van der Waals surface area (Å²) in [7, 11) is 1.81. The second-order valence-electron chi connectivity index (χ2n) is 5.80. The number of anilines is 1. The van der Waals surface area contributed by atoms with Gasteiger partial charge in [0.1, 0.15) is 11.6 Å². The number of rotatable bonds is 4. The lowest BCUT2D eigenvalue weighted by Crippen LogP contribution is -2.32. The summed E-state index contributed by atoms with van der Waals surface area (Å²) in [6, 6.07) is -0.0104. The lowest BCUT2D eigenvalue weighted by molar-refractivity contribution is -0.131. The molecule has 122 valence electrons. The standard InChI is InChI=1S/C16H21N5O2/c1-10-12(11(2)23-20-10)7-16(22)21-6-4-5-14(21)13-8-18-9-15(17-3)19-13/h8-9,14H,4-7H2,1-3H3,(H,17,19). The summed E-state index contributed by atoms with van der Waals surface area (Å²) in [6.07, 6.45) is 5.62. The Morgan fingerprint density at radius 2 is 2.26 bits per heavy atom. The highest BCUT2D eigenvalue weighted by Gasteiger charge is 2.32. The summed E-state index contributed by atoms with van der Waals surface area (Å²) in [5, 5.41) is 6.91. The summed E-state index contributed by atoms with van der Waals surface area (Å²) in [5.74, 6) is 1.51. The zero-order valence-corrected chi connectivity index (χ0v) is 13.7. The van der Waals surface area contributed by atoms with Crippen molar-refractivity contribution in [3.63, 3.8) is 0 Å². The van der Waals surface area contributed by atoms with Crippen molar-refractivity contribution in [1.82, 2.24) is 20.0 Å². The molecule has 0 saturated carbocycles. The maximum atomic E-state index is 12.7. The molecule has 7 nitrogen and oxygen atoms in total. The molecular formula is C16H21N5O2. The van der Waals surface area contributed by atoms with Gasteiger partial charge in [-0.15, -0.1) is 0 Å². The molecular weight excluding hydrogens is 294 g/mol. The van der Waals surface area contributed by atoms with E-state index < -0.39 is 0 Å². The first kappa shape index (κ1) is 15.5. The Morgan fingerprint density at radius 3 is 2.96 bits per heavy atom. The van der Waals surface area contributed by atoms with E-state index in [4.69, 9.17) is 4.52 Å². The van der Waals surface area contributed by atoms with E-state index in [1.807, 2.05) is 25.8 Å². The topological polar surface area (TPSA) is 84.2 Å². The minimum Gasteiger partial charge on any atom is -0.372 e. The van der Waals surface area contributed by atoms with Gasteiger partial charge >= 0.3 is 0 Å². The van der Waals surface area contributed by atoms with E-state index in [2.05, 4.69) is 20.4 Å². The van der Waals surface area contributed by atoms with Crippen LogP contribution in [-0.4, -0.2) is 39.5 Å². The van der Waals surface area contributed by atoms with E-state index in [0.717, 1.165) is 36.3 Å². The summed E-state index contributed by atoms with van der Waals surface area (Å²) in [4.78, 5) is 23.4. The van der Waals surface area contributed by atoms with Crippen LogP contribution in [0.5, 0.6) is 0 Å². The number of likely N-dealkylation sites (tertiary alicyclic amines) is 1. The predicted molar refractivity (Wildman–Crippen MR) is 84.9 cm³/mol. The van der Waals surface area contributed by atoms with E-state index in [9.17, 15) is 4.79 Å². The van der Waals surface area contributed by atoms with Gasteiger partial charge < -0.3 is 14.7 Å². The van der Waals surface area contributed by atoms with E-state index >= 15 is 0 Å². The zero-order valence-electron chi connectivity index (χ0n) is 13.7. The average Bonchev–Trinajstić information content (AvgIpc) is 3.17. The van der Waals surface area contributed by atoms with E-state index in [0.29, 0.717) is 18.0 Å². The number of aryl methyl sites for hydroxylation is 2. The molecule has 3 heterocycles. The molecule has 0 bridgehead atoms. The van der Waals surface area contributed by atoms with Crippen LogP contribution in [0.2, 0.25) is 0 Å². The Hall–Kier alpha value is -2.44. The SMILES string of the molecule is CNc1cncc(C2CCCN2C(=O)Cc2c(C)noc2C)n1. The van der Waals surface area contributed by atoms with Crippen molar-refractivity contribution in [2.45, 2.75) is 39.2 Å². The van der Waals surface area contributed by atoms with Crippen LogP contribution in [0.4, 0.5) is 5.82 Å². The van der Waals surface area contributed by atoms with E-state index in [1.54, 1.807) is 12.4 Å². The number of carbonyl (C=O) groups is 1. The molecule has 1 amide bonds. The summed E-state index contributed by atoms with van der Waals surface area (Å²) in [5.41, 5.74) is 2.50. The first-order chi connectivity index (χ1) is 11.1. The third kappa shape index (κ3) is 3.04. The Labute approximate surface area is 135 Å². The first-order valence-electron chi connectivity index (χ1n) is 7.81. The third-order valence-electron chi connectivity index (χ3n) is 4.33. The summed E-state index contributed by atoms with van der Waals surface area (Å²) < 4.78 is 5.15. The predicted octanol–water partition coefficient (Wildman–Crippen LogP) is 2.03. The van der Waals surface area contributed by atoms with Gasteiger partial charge in [-0.25, -0.2) is 4.98 Å². The maximum absolute atomic E-state index is 12.7. The normalized spacial score (nSPS) is 17.5. The lowest BCUT2D eigenvalue weighted by atomic mass is 10.1. The molecule has 0 aliphatic carbocycles. The number of aromatic nitrogens is 3. The summed E-state index contributed by atoms with van der Waals surface area (Å²) in [6.45, 7) is 4.45. The monoisotopic (exact) mass is 315 g/mol. The third-order valence-corrected chi connectivity index (χ3v) is 4.33. The van der Waals surface area contributed by atoms with Crippen molar-refractivity contribution >= 4 is 11.7 Å². The molecule has 1 atom stereocenters. The molecule has 1 aliphatic heterocycles. The van der Waals surface area contributed by atoms with Crippen molar-refractivity contribution in [2.24, 2.45) is 0 Å². The molecule has 0 spiro atoms. The van der Waals surface area contributed by atoms with Crippen LogP contribution >= 0.6 is 0 Å². The van der Waals surface area contributed by atoms with Crippen LogP contribution in [0, 0.1) is 13.8 Å². The van der Waals surface area contributed by atoms with Gasteiger partial charge in [0.2, 0.25) is 5.91 Å². The molecule has 1 fully saturated rings. The molecule has 7 heteroatoms. The van der Waals surface area contributed by atoms with Crippen LogP contribution in [0.3, 0.4) is 0 Å². The van der Waals surface area contributed by atoms with Gasteiger partial charge in [-0.3, -0.25) is 9.78 Å². The van der Waals surface area contributed by atoms with Gasteiger partial charge in [-0.2, -0.15) is 0 Å².